The second kappa shape index (κ2) is 25.0. The van der Waals surface area contributed by atoms with E-state index in [9.17, 15) is 30.6 Å². The number of aromatic amines is 1. The minimum absolute atomic E-state index is 0.0285. The lowest BCUT2D eigenvalue weighted by molar-refractivity contribution is -0.306. The van der Waals surface area contributed by atoms with E-state index in [2.05, 4.69) is 60.7 Å². The Hall–Kier alpha value is -5.01. The fourth-order valence-electron chi connectivity index (χ4n) is 10.6. The Labute approximate surface area is 453 Å². The summed E-state index contributed by atoms with van der Waals surface area (Å²) in [5.74, 6) is 1.48. The molecule has 79 heavy (non-hydrogen) atoms. The van der Waals surface area contributed by atoms with Gasteiger partial charge in [0.05, 0.1) is 67.9 Å². The van der Waals surface area contributed by atoms with Crippen LogP contribution in [0.4, 0.5) is 5.69 Å². The van der Waals surface area contributed by atoms with Crippen molar-refractivity contribution in [1.29, 1.82) is 0 Å². The highest BCUT2D eigenvalue weighted by Crippen LogP contribution is 2.35. The van der Waals surface area contributed by atoms with E-state index in [-0.39, 0.29) is 39.3 Å². The van der Waals surface area contributed by atoms with Gasteiger partial charge in [-0.05, 0) is 55.9 Å². The van der Waals surface area contributed by atoms with Gasteiger partial charge in [0.1, 0.15) is 96.7 Å². The Morgan fingerprint density at radius 2 is 1.24 bits per heavy atom. The van der Waals surface area contributed by atoms with Crippen LogP contribution in [0, 0.1) is 0 Å². The van der Waals surface area contributed by atoms with Crippen LogP contribution in [0.2, 0.25) is 0 Å². The molecule has 5 aromatic rings. The smallest absolute Gasteiger partial charge is 0.187 e. The van der Waals surface area contributed by atoms with Gasteiger partial charge in [-0.1, -0.05) is 10.4 Å². The third kappa shape index (κ3) is 12.7. The van der Waals surface area contributed by atoms with Crippen LogP contribution in [0.3, 0.4) is 0 Å². The zero-order valence-corrected chi connectivity index (χ0v) is 43.6. The van der Waals surface area contributed by atoms with Gasteiger partial charge in [-0.2, -0.15) is 0 Å². The van der Waals surface area contributed by atoms with Crippen molar-refractivity contribution < 1.29 is 68.5 Å². The molecular formula is C49H74N16O14. The molecule has 8 unspecified atom stereocenters. The number of nitrogens with zero attached hydrogens (tertiary/aromatic N) is 9. The van der Waals surface area contributed by atoms with Gasteiger partial charge in [0, 0.05) is 62.6 Å². The number of likely N-dealkylation sites (N-methyl/N-ethyl adjacent to an activating group) is 1. The fourth-order valence-corrected chi connectivity index (χ4v) is 10.6. The highest BCUT2D eigenvalue weighted by Gasteiger charge is 2.54. The number of aliphatic hydroxyl groups excluding tert-OH is 6. The first-order valence-corrected chi connectivity index (χ1v) is 26.5. The van der Waals surface area contributed by atoms with Crippen LogP contribution in [0.15, 0.2) is 54.9 Å². The van der Waals surface area contributed by atoms with Gasteiger partial charge in [-0.25, -0.2) is 14.3 Å². The number of H-pyrrole nitrogens is 1. The number of anilines is 1. The van der Waals surface area contributed by atoms with Crippen LogP contribution in [-0.4, -0.2) is 245 Å². The van der Waals surface area contributed by atoms with Crippen LogP contribution >= 0.6 is 0 Å². The SMILES string of the molecule is CN1CCN(c2ccc3nc(-c4ccc(OCCn5cc(COCc6cn(CC7OC(OC8[C@H](O[C@H]9OC(CN)[C@@H](O)[C@H](O)C9N)C(N)C[C@@H](N)[C@H]8O)[C@@H](O)[C@H]7O[C@H]7O[C@@H](CN)[C@@H](O)C(O)C7N)nn6)nn5)cc4)[nH]c3c2)CC1. The molecule has 10 rings (SSSR count). The molecule has 3 aromatic heterocycles. The standard InChI is InChI=1S/C49H74N16O14/c1-62-8-10-63(11-9-62)26-4-7-30-31(14-26)57-46(56-30)23-2-5-27(6-3-23)73-13-12-64-18-24(58-60-64)21-72-22-25-19-65(61-59-25)20-34-44(78-48-36(55)41(70)39(68)33(17-51)75-48)42(71)49(76-34)79-45-37(66)28(52)15-29(53)43(45)77-47-35(54)40(69)38(67)32(16-50)74-47/h2-7,14,18-19,28-29,32-45,47-49,66-71H,8-13,15-17,20-22,50-55H2,1H3,(H,56,57)/t28-,29?,32?,33+,34?,35?,36?,37-,38-,39-,40-,41?,42+,43-,44+,45?,47-,48-,49?/m1/s1. The van der Waals surface area contributed by atoms with Crippen LogP contribution in [0.1, 0.15) is 17.8 Å². The second-order valence-electron chi connectivity index (χ2n) is 20.9. The van der Waals surface area contributed by atoms with Crippen molar-refractivity contribution in [2.24, 2.45) is 34.4 Å². The zero-order chi connectivity index (χ0) is 55.6. The number of nitrogens with two attached hydrogens (primary N) is 6. The summed E-state index contributed by atoms with van der Waals surface area (Å²) in [7, 11) is 2.15. The first-order valence-electron chi connectivity index (χ1n) is 26.5. The Bertz CT molecular complexity index is 2730. The number of piperazine rings is 1. The first-order chi connectivity index (χ1) is 38.0. The van der Waals surface area contributed by atoms with Crippen LogP contribution < -0.4 is 44.0 Å². The number of nitrogens with one attached hydrogen (secondary N) is 1. The predicted octanol–water partition coefficient (Wildman–Crippen LogP) is -5.91. The zero-order valence-electron chi connectivity index (χ0n) is 43.6. The van der Waals surface area contributed by atoms with Crippen molar-refractivity contribution in [3.05, 3.63) is 66.2 Å². The number of imidazole rings is 1. The van der Waals surface area contributed by atoms with Gasteiger partial charge < -0.3 is 118 Å². The first kappa shape index (κ1) is 57.2. The molecule has 4 aliphatic heterocycles. The van der Waals surface area contributed by atoms with Gasteiger partial charge in [0.25, 0.3) is 0 Å². The van der Waals surface area contributed by atoms with Crippen LogP contribution in [0.5, 0.6) is 5.75 Å². The molecular weight excluding hydrogens is 1040 g/mol. The third-order valence-corrected chi connectivity index (χ3v) is 15.3. The van der Waals surface area contributed by atoms with E-state index in [4.69, 9.17) is 77.3 Å². The van der Waals surface area contributed by atoms with Crippen LogP contribution in [-0.2, 0) is 59.5 Å². The number of benzene rings is 2. The van der Waals surface area contributed by atoms with Crippen molar-refractivity contribution in [1.82, 2.24) is 44.9 Å². The highest BCUT2D eigenvalue weighted by atomic mass is 16.8. The van der Waals surface area contributed by atoms with E-state index < -0.39 is 116 Å². The van der Waals surface area contributed by atoms with Gasteiger partial charge in [-0.15, -0.1) is 10.2 Å². The average Bonchev–Trinajstić information content (AvgIpc) is 4.29. The Balaban J connectivity index is 0.734. The van der Waals surface area contributed by atoms with Crippen molar-refractivity contribution in [3.63, 3.8) is 0 Å². The number of hydrogen-bond acceptors (Lipinski definition) is 27. The molecule has 30 heteroatoms. The Morgan fingerprint density at radius 1 is 0.646 bits per heavy atom. The number of aromatic nitrogens is 8. The lowest BCUT2D eigenvalue weighted by atomic mass is 9.84. The normalized spacial score (nSPS) is 35.6. The molecule has 7 heterocycles. The van der Waals surface area contributed by atoms with E-state index >= 15 is 0 Å². The molecule has 1 aliphatic carbocycles. The van der Waals surface area contributed by atoms with Gasteiger partial charge in [-0.3, -0.25) is 0 Å². The molecule has 1 saturated carbocycles. The summed E-state index contributed by atoms with van der Waals surface area (Å²) in [6.07, 6.45) is -17.0. The lowest BCUT2D eigenvalue weighted by Crippen LogP contribution is -2.68. The van der Waals surface area contributed by atoms with E-state index in [1.807, 2.05) is 24.3 Å². The molecule has 5 aliphatic rings. The molecule has 434 valence electrons. The number of fused-ring (bicyclic) bond motifs is 1. The van der Waals surface area contributed by atoms with Gasteiger partial charge in [0.15, 0.2) is 18.9 Å². The summed E-state index contributed by atoms with van der Waals surface area (Å²) < 4.78 is 51.7. The average molecular weight is 1110 g/mol. The van der Waals surface area contributed by atoms with Crippen LogP contribution in [0.25, 0.3) is 22.4 Å². The molecule has 30 nitrogen and oxygen atoms in total. The van der Waals surface area contributed by atoms with E-state index in [1.165, 1.54) is 10.4 Å². The minimum Gasteiger partial charge on any atom is -0.492 e. The van der Waals surface area contributed by atoms with E-state index in [1.54, 1.807) is 17.1 Å². The molecule has 0 spiro atoms. The highest BCUT2D eigenvalue weighted by molar-refractivity contribution is 5.83. The molecule has 19 atom stereocenters. The quantitative estimate of drug-likeness (QED) is 0.0345. The maximum absolute atomic E-state index is 11.9. The van der Waals surface area contributed by atoms with Crippen molar-refractivity contribution in [2.45, 2.75) is 149 Å². The monoisotopic (exact) mass is 1110 g/mol. The third-order valence-electron chi connectivity index (χ3n) is 15.3. The number of aliphatic hydroxyl groups is 6. The summed E-state index contributed by atoms with van der Waals surface area (Å²) in [4.78, 5) is 13.0. The lowest BCUT2D eigenvalue weighted by Gasteiger charge is -2.47. The van der Waals surface area contributed by atoms with Crippen molar-refractivity contribution >= 4 is 16.7 Å². The van der Waals surface area contributed by atoms with E-state index in [0.717, 1.165) is 48.6 Å². The minimum atomic E-state index is -1.65. The maximum atomic E-state index is 11.9. The summed E-state index contributed by atoms with van der Waals surface area (Å²) in [5, 5.41) is 82.7. The summed E-state index contributed by atoms with van der Waals surface area (Å²) in [5.41, 5.74) is 41.9. The number of hydrogen-bond donors (Lipinski definition) is 13. The number of ether oxygens (including phenoxy) is 8. The summed E-state index contributed by atoms with van der Waals surface area (Å²) >= 11 is 0. The topological polar surface area (TPSA) is 448 Å². The number of rotatable bonds is 20. The molecule has 5 fully saturated rings. The Kier molecular flexibility index (Phi) is 18.1. The molecule has 0 radical (unpaired) electrons. The van der Waals surface area contributed by atoms with Gasteiger partial charge >= 0.3 is 0 Å². The van der Waals surface area contributed by atoms with Crippen molar-refractivity contribution in [2.75, 3.05) is 57.8 Å². The molecule has 2 aromatic carbocycles. The largest absolute Gasteiger partial charge is 0.492 e. The Morgan fingerprint density at radius 3 is 1.89 bits per heavy atom. The van der Waals surface area contributed by atoms with E-state index in [0.29, 0.717) is 30.3 Å². The van der Waals surface area contributed by atoms with Gasteiger partial charge in [0.2, 0.25) is 0 Å². The second-order valence-corrected chi connectivity index (χ2v) is 20.9. The summed E-state index contributed by atoms with van der Waals surface area (Å²) in [6.45, 7) is 4.47. The summed E-state index contributed by atoms with van der Waals surface area (Å²) in [6, 6.07) is 9.74. The maximum Gasteiger partial charge on any atom is 0.187 e. The van der Waals surface area contributed by atoms with Crippen molar-refractivity contribution in [3.8, 4) is 17.1 Å². The fraction of sp³-hybridized carbons (Fsp3) is 0.653. The molecule has 0 amide bonds. The predicted molar refractivity (Wildman–Crippen MR) is 277 cm³/mol. The molecule has 19 N–H and O–H groups in total. The molecule has 4 saturated heterocycles. The molecule has 0 bridgehead atoms.